The van der Waals surface area contributed by atoms with Crippen LogP contribution in [0.4, 0.5) is 27.5 Å². The van der Waals surface area contributed by atoms with Gasteiger partial charge in [-0.25, -0.2) is 4.79 Å². The van der Waals surface area contributed by atoms with E-state index in [0.717, 1.165) is 0 Å². The number of urea groups is 1. The first-order valence-electron chi connectivity index (χ1n) is 10.1. The highest BCUT2D eigenvalue weighted by molar-refractivity contribution is 6.00. The van der Waals surface area contributed by atoms with Crippen LogP contribution in [0.15, 0.2) is 78.9 Å². The van der Waals surface area contributed by atoms with Crippen LogP contribution in [0.3, 0.4) is 0 Å². The second-order valence-electron chi connectivity index (χ2n) is 6.81. The van der Waals surface area contributed by atoms with Crippen LogP contribution in [0.2, 0.25) is 0 Å². The molecular formula is C24H26N4O3. The number of para-hydroxylation sites is 3. The molecule has 160 valence electrons. The molecule has 0 heterocycles. The zero-order valence-corrected chi connectivity index (χ0v) is 17.5. The van der Waals surface area contributed by atoms with Gasteiger partial charge in [0.15, 0.2) is 0 Å². The lowest BCUT2D eigenvalue weighted by molar-refractivity contribution is -0.116. The van der Waals surface area contributed by atoms with Gasteiger partial charge in [-0.3, -0.25) is 4.79 Å². The first kappa shape index (κ1) is 21.7. The lowest BCUT2D eigenvalue weighted by Gasteiger charge is -2.17. The Morgan fingerprint density at radius 2 is 1.45 bits per heavy atom. The number of amides is 3. The van der Waals surface area contributed by atoms with Crippen molar-refractivity contribution < 1.29 is 14.3 Å². The fraction of sp³-hybridized carbons (Fsp3) is 0.167. The lowest BCUT2D eigenvalue weighted by atomic mass is 10.2. The van der Waals surface area contributed by atoms with E-state index in [4.69, 9.17) is 4.74 Å². The molecule has 3 aromatic rings. The third-order valence-electron chi connectivity index (χ3n) is 4.37. The van der Waals surface area contributed by atoms with Crippen LogP contribution in [0.25, 0.3) is 0 Å². The van der Waals surface area contributed by atoms with Crippen molar-refractivity contribution in [1.82, 2.24) is 0 Å². The molecule has 0 saturated heterocycles. The Balaban J connectivity index is 1.58. The molecule has 0 aliphatic rings. The molecule has 0 aliphatic heterocycles. The predicted molar refractivity (Wildman–Crippen MR) is 125 cm³/mol. The molecule has 3 amide bonds. The molecule has 0 spiro atoms. The van der Waals surface area contributed by atoms with E-state index in [2.05, 4.69) is 21.3 Å². The molecule has 3 rings (SSSR count). The van der Waals surface area contributed by atoms with Gasteiger partial charge < -0.3 is 26.0 Å². The maximum Gasteiger partial charge on any atom is 0.323 e. The number of hydrogen-bond acceptors (Lipinski definition) is 4. The Bertz CT molecular complexity index is 1020. The molecule has 0 bridgehead atoms. The van der Waals surface area contributed by atoms with Crippen LogP contribution in [-0.4, -0.2) is 24.6 Å². The van der Waals surface area contributed by atoms with Gasteiger partial charge in [-0.05, 0) is 56.3 Å². The van der Waals surface area contributed by atoms with E-state index in [0.29, 0.717) is 35.1 Å². The van der Waals surface area contributed by atoms with Gasteiger partial charge in [0.2, 0.25) is 5.91 Å². The Hall–Kier alpha value is -4.00. The number of carbonyl (C=O) groups is 2. The molecule has 7 heteroatoms. The molecule has 4 N–H and O–H groups in total. The summed E-state index contributed by atoms with van der Waals surface area (Å²) in [6.07, 6.45) is 0. The summed E-state index contributed by atoms with van der Waals surface area (Å²) in [6, 6.07) is 22.8. The van der Waals surface area contributed by atoms with Crippen molar-refractivity contribution in [3.05, 3.63) is 78.9 Å². The Labute approximate surface area is 181 Å². The highest BCUT2D eigenvalue weighted by Gasteiger charge is 2.15. The molecule has 0 saturated carbocycles. The molecule has 31 heavy (non-hydrogen) atoms. The van der Waals surface area contributed by atoms with Gasteiger partial charge in [0, 0.05) is 17.1 Å². The summed E-state index contributed by atoms with van der Waals surface area (Å²) in [7, 11) is 0. The number of carbonyl (C=O) groups excluding carboxylic acids is 2. The van der Waals surface area contributed by atoms with Crippen LogP contribution < -0.4 is 26.0 Å². The number of ether oxygens (including phenoxy) is 1. The zero-order chi connectivity index (χ0) is 22.1. The van der Waals surface area contributed by atoms with Crippen molar-refractivity contribution in [1.29, 1.82) is 0 Å². The SMILES string of the molecule is CCOc1ccccc1NC(=O)[C@H](C)Nc1cccc(NC(=O)Nc2ccccc2)c1. The summed E-state index contributed by atoms with van der Waals surface area (Å²) in [5, 5.41) is 11.6. The first-order chi connectivity index (χ1) is 15.0. The van der Waals surface area contributed by atoms with Crippen molar-refractivity contribution >= 4 is 34.7 Å². The third kappa shape index (κ3) is 6.50. The molecular weight excluding hydrogens is 392 g/mol. The van der Waals surface area contributed by atoms with Crippen molar-refractivity contribution in [2.24, 2.45) is 0 Å². The summed E-state index contributed by atoms with van der Waals surface area (Å²) in [5.74, 6) is 0.425. The van der Waals surface area contributed by atoms with Gasteiger partial charge >= 0.3 is 6.03 Å². The Morgan fingerprint density at radius 1 is 0.806 bits per heavy atom. The number of nitrogens with one attached hydrogen (secondary N) is 4. The van der Waals surface area contributed by atoms with Crippen LogP contribution in [0.1, 0.15) is 13.8 Å². The van der Waals surface area contributed by atoms with E-state index >= 15 is 0 Å². The quantitative estimate of drug-likeness (QED) is 0.406. The topological polar surface area (TPSA) is 91.5 Å². The number of rotatable bonds is 8. The first-order valence-corrected chi connectivity index (χ1v) is 10.1. The summed E-state index contributed by atoms with van der Waals surface area (Å²) >= 11 is 0. The molecule has 0 fully saturated rings. The molecule has 3 aromatic carbocycles. The molecule has 0 radical (unpaired) electrons. The summed E-state index contributed by atoms with van der Waals surface area (Å²) in [5.41, 5.74) is 2.63. The van der Waals surface area contributed by atoms with Crippen LogP contribution in [0.5, 0.6) is 5.75 Å². The Kier molecular flexibility index (Phi) is 7.48. The van der Waals surface area contributed by atoms with Crippen molar-refractivity contribution in [2.75, 3.05) is 27.9 Å². The Morgan fingerprint density at radius 3 is 2.23 bits per heavy atom. The summed E-state index contributed by atoms with van der Waals surface area (Å²) < 4.78 is 5.55. The zero-order valence-electron chi connectivity index (χ0n) is 17.5. The van der Waals surface area contributed by atoms with E-state index in [1.165, 1.54) is 0 Å². The van der Waals surface area contributed by atoms with Crippen LogP contribution in [-0.2, 0) is 4.79 Å². The largest absolute Gasteiger partial charge is 0.492 e. The standard InChI is InChI=1S/C24H26N4O3/c1-3-31-22-15-8-7-14-21(22)28-23(29)17(2)25-19-12-9-13-20(16-19)27-24(30)26-18-10-5-4-6-11-18/h4-17,25H,3H2,1-2H3,(H,28,29)(H2,26,27,30)/t17-/m0/s1. The minimum absolute atomic E-state index is 0.202. The molecule has 0 aliphatic carbocycles. The van der Waals surface area contributed by atoms with Crippen LogP contribution in [0, 0.1) is 0 Å². The molecule has 1 atom stereocenters. The van der Waals surface area contributed by atoms with Crippen molar-refractivity contribution in [3.63, 3.8) is 0 Å². The van der Waals surface area contributed by atoms with Gasteiger partial charge in [0.05, 0.1) is 12.3 Å². The highest BCUT2D eigenvalue weighted by Crippen LogP contribution is 2.24. The molecule has 7 nitrogen and oxygen atoms in total. The fourth-order valence-corrected chi connectivity index (χ4v) is 2.91. The average Bonchev–Trinajstić information content (AvgIpc) is 2.76. The molecule has 0 aromatic heterocycles. The van der Waals surface area contributed by atoms with Crippen LogP contribution >= 0.6 is 0 Å². The minimum Gasteiger partial charge on any atom is -0.492 e. The number of hydrogen-bond donors (Lipinski definition) is 4. The smallest absolute Gasteiger partial charge is 0.323 e. The second-order valence-corrected chi connectivity index (χ2v) is 6.81. The average molecular weight is 418 g/mol. The molecule has 0 unspecified atom stereocenters. The van der Waals surface area contributed by atoms with Crippen molar-refractivity contribution in [3.8, 4) is 5.75 Å². The van der Waals surface area contributed by atoms with E-state index in [1.807, 2.05) is 61.5 Å². The van der Waals surface area contributed by atoms with Gasteiger partial charge in [-0.1, -0.05) is 36.4 Å². The van der Waals surface area contributed by atoms with Gasteiger partial charge in [0.1, 0.15) is 11.8 Å². The van der Waals surface area contributed by atoms with E-state index in [-0.39, 0.29) is 11.9 Å². The van der Waals surface area contributed by atoms with Gasteiger partial charge in [-0.2, -0.15) is 0 Å². The number of anilines is 4. The van der Waals surface area contributed by atoms with Crippen molar-refractivity contribution in [2.45, 2.75) is 19.9 Å². The van der Waals surface area contributed by atoms with Gasteiger partial charge in [-0.15, -0.1) is 0 Å². The highest BCUT2D eigenvalue weighted by atomic mass is 16.5. The minimum atomic E-state index is -0.511. The monoisotopic (exact) mass is 418 g/mol. The summed E-state index contributed by atoms with van der Waals surface area (Å²) in [6.45, 7) is 4.17. The lowest BCUT2D eigenvalue weighted by Crippen LogP contribution is -2.32. The van der Waals surface area contributed by atoms with E-state index in [1.54, 1.807) is 31.2 Å². The number of benzene rings is 3. The maximum atomic E-state index is 12.6. The fourth-order valence-electron chi connectivity index (χ4n) is 2.91. The summed E-state index contributed by atoms with van der Waals surface area (Å²) in [4.78, 5) is 24.8. The van der Waals surface area contributed by atoms with E-state index < -0.39 is 6.04 Å². The van der Waals surface area contributed by atoms with Gasteiger partial charge in [0.25, 0.3) is 0 Å². The maximum absolute atomic E-state index is 12.6. The normalized spacial score (nSPS) is 11.2. The second kappa shape index (κ2) is 10.7. The van der Waals surface area contributed by atoms with E-state index in [9.17, 15) is 9.59 Å². The predicted octanol–water partition coefficient (Wildman–Crippen LogP) is 5.17. The third-order valence-corrected chi connectivity index (χ3v) is 4.37.